The summed E-state index contributed by atoms with van der Waals surface area (Å²) in [6, 6.07) is 22.2. The predicted octanol–water partition coefficient (Wildman–Crippen LogP) is 6.71. The zero-order valence-corrected chi connectivity index (χ0v) is 17.6. The third kappa shape index (κ3) is 3.42. The van der Waals surface area contributed by atoms with E-state index in [4.69, 9.17) is 5.11 Å². The van der Waals surface area contributed by atoms with Crippen LogP contribution in [0.15, 0.2) is 85.2 Å². The fourth-order valence-electron chi connectivity index (χ4n) is 4.44. The van der Waals surface area contributed by atoms with Crippen LogP contribution in [-0.4, -0.2) is 16.1 Å². The van der Waals surface area contributed by atoms with E-state index >= 15 is 0 Å². The summed E-state index contributed by atoms with van der Waals surface area (Å²) in [5.41, 5.74) is 7.45. The Balaban J connectivity index is 1.65. The fourth-order valence-corrected chi connectivity index (χ4v) is 4.44. The lowest BCUT2D eigenvalue weighted by Crippen LogP contribution is -2.21. The molecule has 1 aliphatic rings. The first-order valence-corrected chi connectivity index (χ1v) is 10.5. The van der Waals surface area contributed by atoms with Gasteiger partial charge in [-0.05, 0) is 86.8 Å². The summed E-state index contributed by atoms with van der Waals surface area (Å²) >= 11 is 0. The summed E-state index contributed by atoms with van der Waals surface area (Å²) < 4.78 is 0. The van der Waals surface area contributed by atoms with Crippen molar-refractivity contribution in [3.05, 3.63) is 107 Å². The van der Waals surface area contributed by atoms with E-state index in [2.05, 4.69) is 61.3 Å². The summed E-state index contributed by atoms with van der Waals surface area (Å²) in [7, 11) is 0. The molecule has 0 unspecified atom stereocenters. The van der Waals surface area contributed by atoms with E-state index in [0.717, 1.165) is 23.1 Å². The number of nitrogens with zero attached hydrogens (tertiary/aromatic N) is 1. The Morgan fingerprint density at radius 1 is 0.903 bits per heavy atom. The standard InChI is InChI=1S/C28H23NO2/c1-28(2)12-11-24(22-4-3-13-29-17-22)25-15-23-14-20(9-10-21(23)16-26(25)28)18-5-7-19(8-6-18)27(30)31/h3-11,13-17H,12H2,1-2H3,(H,30,31). The summed E-state index contributed by atoms with van der Waals surface area (Å²) in [4.78, 5) is 15.5. The number of hydrogen-bond donors (Lipinski definition) is 1. The van der Waals surface area contributed by atoms with E-state index in [-0.39, 0.29) is 5.41 Å². The number of fused-ring (bicyclic) bond motifs is 2. The zero-order chi connectivity index (χ0) is 21.6. The minimum Gasteiger partial charge on any atom is -0.478 e. The molecule has 0 fully saturated rings. The summed E-state index contributed by atoms with van der Waals surface area (Å²) in [5.74, 6) is -0.908. The van der Waals surface area contributed by atoms with Crippen molar-refractivity contribution in [3.63, 3.8) is 0 Å². The van der Waals surface area contributed by atoms with Gasteiger partial charge in [-0.15, -0.1) is 0 Å². The zero-order valence-electron chi connectivity index (χ0n) is 17.6. The Hall–Kier alpha value is -3.72. The van der Waals surface area contributed by atoms with E-state index in [1.165, 1.54) is 27.5 Å². The fraction of sp³-hybridized carbons (Fsp3) is 0.143. The van der Waals surface area contributed by atoms with Crippen LogP contribution in [0.4, 0.5) is 0 Å². The van der Waals surface area contributed by atoms with Gasteiger partial charge in [-0.1, -0.05) is 50.3 Å². The predicted molar refractivity (Wildman–Crippen MR) is 125 cm³/mol. The van der Waals surface area contributed by atoms with Crippen LogP contribution in [0.1, 0.15) is 47.3 Å². The lowest BCUT2D eigenvalue weighted by atomic mass is 9.71. The van der Waals surface area contributed by atoms with E-state index in [9.17, 15) is 4.79 Å². The molecule has 5 rings (SSSR count). The van der Waals surface area contributed by atoms with Crippen LogP contribution in [0.3, 0.4) is 0 Å². The third-order valence-corrected chi connectivity index (χ3v) is 6.25. The summed E-state index contributed by atoms with van der Waals surface area (Å²) in [6.45, 7) is 4.60. The first-order valence-electron chi connectivity index (χ1n) is 10.5. The minimum atomic E-state index is -0.908. The van der Waals surface area contributed by atoms with Gasteiger partial charge in [0, 0.05) is 18.0 Å². The van der Waals surface area contributed by atoms with Gasteiger partial charge in [0.2, 0.25) is 0 Å². The monoisotopic (exact) mass is 405 g/mol. The van der Waals surface area contributed by atoms with Crippen LogP contribution >= 0.6 is 0 Å². The molecule has 152 valence electrons. The van der Waals surface area contributed by atoms with Crippen molar-refractivity contribution in [2.24, 2.45) is 0 Å². The van der Waals surface area contributed by atoms with Gasteiger partial charge in [-0.2, -0.15) is 0 Å². The summed E-state index contributed by atoms with van der Waals surface area (Å²) in [5, 5.41) is 11.5. The highest BCUT2D eigenvalue weighted by Gasteiger charge is 2.29. The second-order valence-corrected chi connectivity index (χ2v) is 8.79. The number of carboxylic acid groups (broad SMARTS) is 1. The quantitative estimate of drug-likeness (QED) is 0.412. The van der Waals surface area contributed by atoms with Crippen LogP contribution in [-0.2, 0) is 5.41 Å². The van der Waals surface area contributed by atoms with Gasteiger partial charge in [0.05, 0.1) is 5.56 Å². The smallest absolute Gasteiger partial charge is 0.335 e. The van der Waals surface area contributed by atoms with Crippen LogP contribution in [0.2, 0.25) is 0 Å². The molecular formula is C28H23NO2. The van der Waals surface area contributed by atoms with E-state index in [1.54, 1.807) is 18.3 Å². The van der Waals surface area contributed by atoms with Crippen molar-refractivity contribution in [2.45, 2.75) is 25.7 Å². The maximum atomic E-state index is 11.2. The first kappa shape index (κ1) is 19.3. The molecule has 0 spiro atoms. The Kier molecular flexibility index (Phi) is 4.48. The second kappa shape index (κ2) is 7.21. The molecule has 31 heavy (non-hydrogen) atoms. The molecule has 3 nitrogen and oxygen atoms in total. The van der Waals surface area contributed by atoms with E-state index < -0.39 is 5.97 Å². The number of rotatable bonds is 3. The molecule has 0 amide bonds. The molecule has 1 aromatic heterocycles. The van der Waals surface area contributed by atoms with Crippen LogP contribution < -0.4 is 0 Å². The lowest BCUT2D eigenvalue weighted by molar-refractivity contribution is 0.0697. The van der Waals surface area contributed by atoms with Gasteiger partial charge >= 0.3 is 5.97 Å². The number of aromatic nitrogens is 1. The van der Waals surface area contributed by atoms with Gasteiger partial charge in [-0.25, -0.2) is 4.79 Å². The normalized spacial score (nSPS) is 14.7. The molecule has 4 aromatic rings. The average Bonchev–Trinajstić information content (AvgIpc) is 2.78. The van der Waals surface area contributed by atoms with Gasteiger partial charge in [0.25, 0.3) is 0 Å². The maximum absolute atomic E-state index is 11.2. The summed E-state index contributed by atoms with van der Waals surface area (Å²) in [6.07, 6.45) is 7.06. The number of carboxylic acids is 1. The van der Waals surface area contributed by atoms with Crippen molar-refractivity contribution in [2.75, 3.05) is 0 Å². The van der Waals surface area contributed by atoms with E-state index in [1.807, 2.05) is 24.4 Å². The Morgan fingerprint density at radius 3 is 2.39 bits per heavy atom. The molecule has 0 aliphatic heterocycles. The number of carbonyl (C=O) groups is 1. The molecule has 3 heteroatoms. The molecule has 0 bridgehead atoms. The van der Waals surface area contributed by atoms with Crippen LogP contribution in [0.25, 0.3) is 27.5 Å². The van der Waals surface area contributed by atoms with Crippen molar-refractivity contribution >= 4 is 22.3 Å². The molecule has 0 saturated carbocycles. The van der Waals surface area contributed by atoms with Crippen molar-refractivity contribution in [1.82, 2.24) is 4.98 Å². The first-order chi connectivity index (χ1) is 14.9. The highest BCUT2D eigenvalue weighted by atomic mass is 16.4. The highest BCUT2D eigenvalue weighted by molar-refractivity contribution is 5.95. The van der Waals surface area contributed by atoms with Crippen LogP contribution in [0, 0.1) is 0 Å². The third-order valence-electron chi connectivity index (χ3n) is 6.25. The number of allylic oxidation sites excluding steroid dienone is 1. The molecule has 0 atom stereocenters. The molecule has 1 heterocycles. The topological polar surface area (TPSA) is 50.2 Å². The molecule has 0 saturated heterocycles. The molecule has 0 radical (unpaired) electrons. The maximum Gasteiger partial charge on any atom is 0.335 e. The largest absolute Gasteiger partial charge is 0.478 e. The Morgan fingerprint density at radius 2 is 1.68 bits per heavy atom. The van der Waals surface area contributed by atoms with E-state index in [0.29, 0.717) is 5.56 Å². The average molecular weight is 405 g/mol. The van der Waals surface area contributed by atoms with Gasteiger partial charge in [0.15, 0.2) is 0 Å². The van der Waals surface area contributed by atoms with Crippen molar-refractivity contribution in [1.29, 1.82) is 0 Å². The Bertz CT molecular complexity index is 1330. The second-order valence-electron chi connectivity index (χ2n) is 8.79. The minimum absolute atomic E-state index is 0.0700. The van der Waals surface area contributed by atoms with Crippen molar-refractivity contribution < 1.29 is 9.90 Å². The number of benzene rings is 3. The van der Waals surface area contributed by atoms with Gasteiger partial charge in [-0.3, -0.25) is 4.98 Å². The number of hydrogen-bond acceptors (Lipinski definition) is 2. The van der Waals surface area contributed by atoms with Crippen LogP contribution in [0.5, 0.6) is 0 Å². The molecule has 1 N–H and O–H groups in total. The molecular weight excluding hydrogens is 382 g/mol. The molecule has 3 aromatic carbocycles. The lowest BCUT2D eigenvalue weighted by Gasteiger charge is -2.32. The highest BCUT2D eigenvalue weighted by Crippen LogP contribution is 2.43. The van der Waals surface area contributed by atoms with Crippen molar-refractivity contribution in [3.8, 4) is 11.1 Å². The molecule has 1 aliphatic carbocycles. The van der Waals surface area contributed by atoms with Gasteiger partial charge < -0.3 is 5.11 Å². The number of pyridine rings is 1. The number of aromatic carboxylic acids is 1. The Labute approximate surface area is 181 Å². The SMILES string of the molecule is CC1(C)CC=C(c2cccnc2)c2cc3cc(-c4ccc(C(=O)O)cc4)ccc3cc21. The van der Waals surface area contributed by atoms with Gasteiger partial charge in [0.1, 0.15) is 0 Å².